The molecule has 2 saturated heterocycles. The topological polar surface area (TPSA) is 188 Å². The van der Waals surface area contributed by atoms with E-state index in [0.29, 0.717) is 17.1 Å². The van der Waals surface area contributed by atoms with Crippen LogP contribution in [0, 0.1) is 23.0 Å². The number of carbonyl (C=O) groups is 4. The molecule has 8 atom stereocenters. The molecule has 57 heavy (non-hydrogen) atoms. The predicted molar refractivity (Wildman–Crippen MR) is 209 cm³/mol. The molecule has 0 unspecified atom stereocenters. The molecule has 2 aromatic rings. The van der Waals surface area contributed by atoms with E-state index in [0.717, 1.165) is 33.7 Å². The Labute approximate surface area is 336 Å². The number of aliphatic hydroxyl groups is 1. The molecule has 0 radical (unpaired) electrons. The Morgan fingerprint density at radius 2 is 1.88 bits per heavy atom. The number of non-ortho nitro benzene ring substituents is 1. The van der Waals surface area contributed by atoms with Gasteiger partial charge in [0.25, 0.3) is 11.6 Å². The summed E-state index contributed by atoms with van der Waals surface area (Å²) < 4.78 is 29.1. The van der Waals surface area contributed by atoms with Crippen molar-refractivity contribution in [3.8, 4) is 5.75 Å². The predicted octanol–water partition coefficient (Wildman–Crippen LogP) is 5.29. The lowest BCUT2D eigenvalue weighted by atomic mass is 9.78. The van der Waals surface area contributed by atoms with Crippen molar-refractivity contribution in [1.82, 2.24) is 4.90 Å². The van der Waals surface area contributed by atoms with Gasteiger partial charge < -0.3 is 38.6 Å². The molecule has 308 valence electrons. The number of rotatable bonds is 7. The zero-order valence-corrected chi connectivity index (χ0v) is 34.3. The maximum atomic E-state index is 14.2. The van der Waals surface area contributed by atoms with Crippen molar-refractivity contribution in [1.29, 1.82) is 0 Å². The number of ether oxygens (including phenoxy) is 5. The molecule has 3 heterocycles. The Balaban J connectivity index is 1.50. The van der Waals surface area contributed by atoms with Crippen LogP contribution in [0.25, 0.3) is 0 Å². The summed E-state index contributed by atoms with van der Waals surface area (Å²) in [6.07, 6.45) is 1.65. The number of allylic oxidation sites excluding steroid dienone is 3. The van der Waals surface area contributed by atoms with Gasteiger partial charge in [-0.3, -0.25) is 24.5 Å². The first kappa shape index (κ1) is 43.3. The molecule has 0 aliphatic carbocycles. The summed E-state index contributed by atoms with van der Waals surface area (Å²) in [5.74, 6) is -3.20. The highest BCUT2D eigenvalue weighted by Crippen LogP contribution is 2.49. The first-order valence-electron chi connectivity index (χ1n) is 18.6. The number of halogens is 1. The van der Waals surface area contributed by atoms with Crippen molar-refractivity contribution in [3.63, 3.8) is 0 Å². The van der Waals surface area contributed by atoms with Gasteiger partial charge in [-0.05, 0) is 57.4 Å². The summed E-state index contributed by atoms with van der Waals surface area (Å²) in [7, 11) is 5.67. The van der Waals surface area contributed by atoms with Crippen LogP contribution in [0.1, 0.15) is 68.4 Å². The minimum atomic E-state index is -1.61. The zero-order chi connectivity index (χ0) is 42.1. The summed E-state index contributed by atoms with van der Waals surface area (Å²) in [6, 6.07) is 6.06. The Morgan fingerprint density at radius 3 is 2.53 bits per heavy atom. The highest BCUT2D eigenvalue weighted by molar-refractivity contribution is 6.34. The summed E-state index contributed by atoms with van der Waals surface area (Å²) in [5.41, 5.74) is -0.145. The van der Waals surface area contributed by atoms with Gasteiger partial charge in [0, 0.05) is 39.6 Å². The van der Waals surface area contributed by atoms with Crippen LogP contribution in [0.4, 0.5) is 11.4 Å². The first-order chi connectivity index (χ1) is 26.7. The number of anilines is 1. The zero-order valence-electron chi connectivity index (χ0n) is 33.6. The molecule has 3 aliphatic heterocycles. The largest absolute Gasteiger partial charge is 0.496 e. The molecule has 0 saturated carbocycles. The van der Waals surface area contributed by atoms with Gasteiger partial charge in [-0.15, -0.1) is 0 Å². The lowest BCUT2D eigenvalue weighted by Crippen LogP contribution is -2.53. The number of benzene rings is 2. The molecule has 0 spiro atoms. The van der Waals surface area contributed by atoms with Crippen molar-refractivity contribution in [2.75, 3.05) is 33.2 Å². The fraction of sp³-hybridized carbons (Fsp3) is 0.512. The highest BCUT2D eigenvalue weighted by Gasteiger charge is 2.64. The summed E-state index contributed by atoms with van der Waals surface area (Å²) >= 11 is 6.78. The molecule has 1 N–H and O–H groups in total. The molecule has 2 aromatic carbocycles. The average Bonchev–Trinajstić information content (AvgIpc) is 3.86. The molecule has 16 heteroatoms. The fourth-order valence-electron chi connectivity index (χ4n) is 7.63. The molecule has 4 bridgehead atoms. The first-order valence-corrected chi connectivity index (χ1v) is 18.9. The van der Waals surface area contributed by atoms with E-state index in [-0.39, 0.29) is 36.3 Å². The molecule has 5 rings (SSSR count). The number of hydrogen-bond donors (Lipinski definition) is 1. The quantitative estimate of drug-likeness (QED) is 0.165. The number of esters is 2. The Bertz CT molecular complexity index is 2000. The number of fused-ring (bicyclic) bond motifs is 5. The van der Waals surface area contributed by atoms with Crippen molar-refractivity contribution in [2.45, 2.75) is 102 Å². The number of nitro benzene ring substituents is 1. The fourth-order valence-corrected chi connectivity index (χ4v) is 7.86. The number of aryl methyl sites for hydroxylation is 1. The van der Waals surface area contributed by atoms with E-state index in [1.165, 1.54) is 39.2 Å². The third-order valence-corrected chi connectivity index (χ3v) is 11.8. The van der Waals surface area contributed by atoms with Crippen molar-refractivity contribution in [3.05, 3.63) is 86.0 Å². The molecular formula is C41H50ClN3O12. The number of epoxide rings is 1. The molecule has 0 aromatic heterocycles. The van der Waals surface area contributed by atoms with Gasteiger partial charge in [0.1, 0.15) is 41.3 Å². The summed E-state index contributed by atoms with van der Waals surface area (Å²) in [5, 5.41) is 23.5. The van der Waals surface area contributed by atoms with E-state index in [1.807, 2.05) is 32.1 Å². The van der Waals surface area contributed by atoms with Crippen molar-refractivity contribution < 1.29 is 52.9 Å². The van der Waals surface area contributed by atoms with E-state index < -0.39 is 76.3 Å². The minimum Gasteiger partial charge on any atom is -0.496 e. The second-order valence-corrected chi connectivity index (χ2v) is 15.8. The van der Waals surface area contributed by atoms with Crippen LogP contribution >= 0.6 is 11.6 Å². The van der Waals surface area contributed by atoms with Crippen LogP contribution in [-0.4, -0.2) is 109 Å². The molecule has 2 fully saturated rings. The second-order valence-electron chi connectivity index (χ2n) is 15.4. The molecule has 15 nitrogen and oxygen atoms in total. The number of methoxy groups -OCH3 is 2. The minimum absolute atomic E-state index is 0.0198. The number of carbonyl (C=O) groups excluding carboxylic acids is 4. The standard InChI is InChI=1S/C41H50ClN3O12/c1-22-11-10-12-32(54-9)41(50)20-31(55-35(47)21-41)24(3)37-40(5,57-37)33(19-34(46)44(7)29-17-26(15-22)16-23(2)36(29)42)56-39(49)25(4)43(6)38(48)28-14-13-27(45(51)52)18-30(28)53-8/h10-14,16-18,24-25,31-33,37,50H,15,19-21H2,1-9H3/b12-10+,22-11+/t24-,25+,31+,32-,33+,37+,40+,41-/m1/s1. The third-order valence-electron chi connectivity index (χ3n) is 11.3. The van der Waals surface area contributed by atoms with Crippen LogP contribution in [0.5, 0.6) is 5.75 Å². The van der Waals surface area contributed by atoms with E-state index in [4.69, 9.17) is 35.3 Å². The summed E-state index contributed by atoms with van der Waals surface area (Å²) in [6.45, 7) is 8.71. The average molecular weight is 812 g/mol. The third kappa shape index (κ3) is 9.01. The van der Waals surface area contributed by atoms with Crippen molar-refractivity contribution in [2.24, 2.45) is 5.92 Å². The van der Waals surface area contributed by atoms with Crippen LogP contribution in [0.3, 0.4) is 0 Å². The van der Waals surface area contributed by atoms with Crippen LogP contribution < -0.4 is 9.64 Å². The van der Waals surface area contributed by atoms with Gasteiger partial charge in [-0.25, -0.2) is 4.79 Å². The van der Waals surface area contributed by atoms with E-state index in [1.54, 1.807) is 33.0 Å². The Kier molecular flexibility index (Phi) is 12.9. The highest BCUT2D eigenvalue weighted by atomic mass is 35.5. The number of nitrogens with zero attached hydrogens (tertiary/aromatic N) is 3. The number of amides is 2. The monoisotopic (exact) mass is 811 g/mol. The molecule has 2 amide bonds. The molecule has 3 aliphatic rings. The lowest BCUT2D eigenvalue weighted by molar-refractivity contribution is -0.384. The van der Waals surface area contributed by atoms with Gasteiger partial charge in [0.15, 0.2) is 0 Å². The van der Waals surface area contributed by atoms with Gasteiger partial charge in [0.05, 0.1) is 53.3 Å². The summed E-state index contributed by atoms with van der Waals surface area (Å²) in [4.78, 5) is 68.0. The van der Waals surface area contributed by atoms with Crippen LogP contribution in [0.15, 0.2) is 54.1 Å². The number of hydrogen-bond acceptors (Lipinski definition) is 12. The van der Waals surface area contributed by atoms with E-state index in [9.17, 15) is 34.4 Å². The van der Waals surface area contributed by atoms with E-state index in [2.05, 4.69) is 0 Å². The van der Waals surface area contributed by atoms with Crippen LogP contribution in [0.2, 0.25) is 5.02 Å². The SMILES string of the molecule is COc1cc([N+](=O)[O-])ccc1C(=O)N(C)[C@@H](C)C(=O)O[C@H]1CC(=O)N(C)c2cc(cc(C)c2Cl)C/C(C)=C/C=C/[C@@H](OC)[C@]2(O)CC(=O)O[C@@H](C2)[C@@H](C)[C@@H]2O[C@@]12C. The second kappa shape index (κ2) is 16.9. The smallest absolute Gasteiger partial charge is 0.328 e. The molecular weight excluding hydrogens is 762 g/mol. The maximum absolute atomic E-state index is 14.2. The number of likely N-dealkylation sites (N-methyl/N-ethyl adjacent to an activating group) is 1. The van der Waals surface area contributed by atoms with Crippen LogP contribution in [-0.2, 0) is 39.8 Å². The van der Waals surface area contributed by atoms with Gasteiger partial charge in [0.2, 0.25) is 5.91 Å². The van der Waals surface area contributed by atoms with Crippen molar-refractivity contribution >= 4 is 46.7 Å². The van der Waals surface area contributed by atoms with Gasteiger partial charge in [-0.2, -0.15) is 0 Å². The Morgan fingerprint density at radius 1 is 1.18 bits per heavy atom. The number of nitro groups is 1. The van der Waals surface area contributed by atoms with E-state index >= 15 is 0 Å². The van der Waals surface area contributed by atoms with Gasteiger partial charge >= 0.3 is 11.9 Å². The Hall–Kier alpha value is -4.83. The van der Waals surface area contributed by atoms with Gasteiger partial charge in [-0.1, -0.05) is 48.4 Å². The maximum Gasteiger partial charge on any atom is 0.328 e. The lowest BCUT2D eigenvalue weighted by Gasteiger charge is -2.41. The normalized spacial score (nSPS) is 29.8.